The number of hydrogen-bond acceptors (Lipinski definition) is 4. The first kappa shape index (κ1) is 21.2. The van der Waals surface area contributed by atoms with Gasteiger partial charge in [0.05, 0.1) is 5.75 Å². The van der Waals surface area contributed by atoms with Crippen LogP contribution < -0.4 is 0 Å². The molecule has 5 aromatic rings. The van der Waals surface area contributed by atoms with E-state index in [0.717, 1.165) is 27.8 Å². The van der Waals surface area contributed by atoms with Crippen LogP contribution in [0.25, 0.3) is 27.8 Å². The average Bonchev–Trinajstić information content (AvgIpc) is 3.27. The molecule has 0 atom stereocenters. The molecule has 162 valence electrons. The van der Waals surface area contributed by atoms with Crippen molar-refractivity contribution < 1.29 is 4.79 Å². The molecule has 0 saturated heterocycles. The van der Waals surface area contributed by atoms with E-state index in [4.69, 9.17) is 0 Å². The zero-order valence-electron chi connectivity index (χ0n) is 18.5. The number of ketones is 1. The van der Waals surface area contributed by atoms with Crippen LogP contribution >= 0.6 is 11.8 Å². The summed E-state index contributed by atoms with van der Waals surface area (Å²) in [4.78, 5) is 13.0. The number of hydrogen-bond donors (Lipinski definition) is 0. The van der Waals surface area contributed by atoms with Crippen LogP contribution in [0.15, 0.2) is 96.2 Å². The molecule has 5 rings (SSSR count). The van der Waals surface area contributed by atoms with Crippen molar-refractivity contribution in [3.05, 3.63) is 108 Å². The van der Waals surface area contributed by atoms with Crippen molar-refractivity contribution in [2.75, 3.05) is 5.75 Å². The fraction of sp³-hybridized carbons (Fsp3) is 0.107. The highest BCUT2D eigenvalue weighted by Crippen LogP contribution is 2.29. The van der Waals surface area contributed by atoms with Gasteiger partial charge in [0.1, 0.15) is 0 Å². The van der Waals surface area contributed by atoms with Crippen LogP contribution in [0.5, 0.6) is 0 Å². The zero-order valence-corrected chi connectivity index (χ0v) is 19.3. The Morgan fingerprint density at radius 3 is 2.18 bits per heavy atom. The van der Waals surface area contributed by atoms with E-state index in [1.165, 1.54) is 22.9 Å². The number of nitrogens with zero attached hydrogens (tertiary/aromatic N) is 3. The van der Waals surface area contributed by atoms with Crippen molar-refractivity contribution in [3.63, 3.8) is 0 Å². The Morgan fingerprint density at radius 2 is 1.45 bits per heavy atom. The first-order chi connectivity index (χ1) is 16.1. The topological polar surface area (TPSA) is 47.8 Å². The van der Waals surface area contributed by atoms with Crippen molar-refractivity contribution in [1.29, 1.82) is 0 Å². The van der Waals surface area contributed by atoms with E-state index in [9.17, 15) is 4.79 Å². The standard InChI is InChI=1S/C28H23N3OS/c1-19-7-11-22(12-8-19)27-29-30-28(31(27)25-15-9-20(2)10-16-25)33-18-26(32)24-14-13-21-5-3-4-6-23(21)17-24/h3-17H,18H2,1-2H3. The van der Waals surface area contributed by atoms with Crippen molar-refractivity contribution in [3.8, 4) is 17.1 Å². The molecule has 0 aliphatic rings. The van der Waals surface area contributed by atoms with Gasteiger partial charge in [-0.05, 0) is 42.8 Å². The van der Waals surface area contributed by atoms with Gasteiger partial charge < -0.3 is 0 Å². The minimum Gasteiger partial charge on any atom is -0.293 e. The minimum absolute atomic E-state index is 0.0705. The number of thioether (sulfide) groups is 1. The van der Waals surface area contributed by atoms with Gasteiger partial charge in [0.15, 0.2) is 16.8 Å². The molecule has 0 spiro atoms. The quantitative estimate of drug-likeness (QED) is 0.214. The van der Waals surface area contributed by atoms with E-state index in [-0.39, 0.29) is 11.5 Å². The van der Waals surface area contributed by atoms with Crippen LogP contribution in [0.1, 0.15) is 21.5 Å². The van der Waals surface area contributed by atoms with Gasteiger partial charge in [0.2, 0.25) is 0 Å². The second-order valence-electron chi connectivity index (χ2n) is 8.12. The number of aryl methyl sites for hydroxylation is 2. The van der Waals surface area contributed by atoms with Gasteiger partial charge in [0, 0.05) is 16.8 Å². The molecule has 4 aromatic carbocycles. The van der Waals surface area contributed by atoms with Gasteiger partial charge in [0.25, 0.3) is 0 Å². The molecule has 0 aliphatic heterocycles. The SMILES string of the molecule is Cc1ccc(-c2nnc(SCC(=O)c3ccc4ccccc4c3)n2-c2ccc(C)cc2)cc1. The van der Waals surface area contributed by atoms with Crippen molar-refractivity contribution >= 4 is 28.3 Å². The summed E-state index contributed by atoms with van der Waals surface area (Å²) in [6.07, 6.45) is 0. The molecule has 0 aliphatic carbocycles. The maximum atomic E-state index is 13.0. The summed E-state index contributed by atoms with van der Waals surface area (Å²) >= 11 is 1.41. The second-order valence-corrected chi connectivity index (χ2v) is 9.06. The predicted molar refractivity (Wildman–Crippen MR) is 135 cm³/mol. The highest BCUT2D eigenvalue weighted by Gasteiger charge is 2.18. The molecule has 0 unspecified atom stereocenters. The first-order valence-corrected chi connectivity index (χ1v) is 11.8. The molecule has 0 N–H and O–H groups in total. The van der Waals surface area contributed by atoms with Gasteiger partial charge in [-0.3, -0.25) is 9.36 Å². The predicted octanol–water partition coefficient (Wildman–Crippen LogP) is 6.68. The van der Waals surface area contributed by atoms with Gasteiger partial charge in [-0.2, -0.15) is 0 Å². The Bertz CT molecular complexity index is 1440. The molecule has 0 fully saturated rings. The third-order valence-electron chi connectivity index (χ3n) is 5.64. The summed E-state index contributed by atoms with van der Waals surface area (Å²) in [7, 11) is 0. The van der Waals surface area contributed by atoms with E-state index in [1.54, 1.807) is 0 Å². The summed E-state index contributed by atoms with van der Waals surface area (Å²) in [5, 5.41) is 11.8. The maximum absolute atomic E-state index is 13.0. The van der Waals surface area contributed by atoms with Gasteiger partial charge in [-0.15, -0.1) is 10.2 Å². The Balaban J connectivity index is 1.46. The Hall–Kier alpha value is -3.70. The van der Waals surface area contributed by atoms with Gasteiger partial charge >= 0.3 is 0 Å². The third-order valence-corrected chi connectivity index (χ3v) is 6.57. The number of carbonyl (C=O) groups is 1. The molecule has 4 nitrogen and oxygen atoms in total. The van der Waals surface area contributed by atoms with Gasteiger partial charge in [-0.25, -0.2) is 0 Å². The van der Waals surface area contributed by atoms with Gasteiger partial charge in [-0.1, -0.05) is 95.7 Å². The molecule has 0 saturated carbocycles. The minimum atomic E-state index is 0.0705. The first-order valence-electron chi connectivity index (χ1n) is 10.8. The van der Waals surface area contributed by atoms with Crippen LogP contribution in [-0.2, 0) is 0 Å². The highest BCUT2D eigenvalue weighted by molar-refractivity contribution is 7.99. The fourth-order valence-corrected chi connectivity index (χ4v) is 4.60. The smallest absolute Gasteiger partial charge is 0.196 e. The van der Waals surface area contributed by atoms with Crippen LogP contribution in [-0.4, -0.2) is 26.3 Å². The average molecular weight is 450 g/mol. The van der Waals surface area contributed by atoms with Crippen molar-refractivity contribution in [1.82, 2.24) is 14.8 Å². The number of aromatic nitrogens is 3. The number of benzene rings is 4. The molecule has 0 bridgehead atoms. The molecule has 5 heteroatoms. The van der Waals surface area contributed by atoms with E-state index in [2.05, 4.69) is 78.6 Å². The normalized spacial score (nSPS) is 11.1. The molecular weight excluding hydrogens is 426 g/mol. The Morgan fingerprint density at radius 1 is 0.788 bits per heavy atom. The van der Waals surface area contributed by atoms with Crippen LogP contribution in [0.2, 0.25) is 0 Å². The summed E-state index contributed by atoms with van der Waals surface area (Å²) in [5.74, 6) is 1.12. The van der Waals surface area contributed by atoms with Crippen molar-refractivity contribution in [2.24, 2.45) is 0 Å². The van der Waals surface area contributed by atoms with Crippen molar-refractivity contribution in [2.45, 2.75) is 19.0 Å². The lowest BCUT2D eigenvalue weighted by molar-refractivity contribution is 0.102. The number of carbonyl (C=O) groups excluding carboxylic acids is 1. The lowest BCUT2D eigenvalue weighted by Crippen LogP contribution is -2.05. The summed E-state index contributed by atoms with van der Waals surface area (Å²) in [5.41, 5.74) is 5.05. The summed E-state index contributed by atoms with van der Waals surface area (Å²) in [6, 6.07) is 30.4. The highest BCUT2D eigenvalue weighted by atomic mass is 32.2. The largest absolute Gasteiger partial charge is 0.293 e. The third kappa shape index (κ3) is 4.45. The molecule has 0 amide bonds. The van der Waals surface area contributed by atoms with E-state index < -0.39 is 0 Å². The Labute approximate surface area is 197 Å². The number of Topliss-reactive ketones (excluding diaryl/α,β-unsaturated/α-hetero) is 1. The van der Waals surface area contributed by atoms with E-state index in [0.29, 0.717) is 10.7 Å². The molecule has 33 heavy (non-hydrogen) atoms. The summed E-state index contributed by atoms with van der Waals surface area (Å²) in [6.45, 7) is 4.13. The fourth-order valence-electron chi connectivity index (χ4n) is 3.76. The second kappa shape index (κ2) is 9.04. The molecular formula is C28H23N3OS. The lowest BCUT2D eigenvalue weighted by Gasteiger charge is -2.11. The number of fused-ring (bicyclic) bond motifs is 1. The van der Waals surface area contributed by atoms with E-state index >= 15 is 0 Å². The van der Waals surface area contributed by atoms with E-state index in [1.807, 2.05) is 41.0 Å². The summed E-state index contributed by atoms with van der Waals surface area (Å²) < 4.78 is 2.03. The van der Waals surface area contributed by atoms with Crippen LogP contribution in [0.4, 0.5) is 0 Å². The molecule has 1 heterocycles. The monoisotopic (exact) mass is 449 g/mol. The lowest BCUT2D eigenvalue weighted by atomic mass is 10.1. The maximum Gasteiger partial charge on any atom is 0.196 e. The van der Waals surface area contributed by atoms with Crippen LogP contribution in [0, 0.1) is 13.8 Å². The Kier molecular flexibility index (Phi) is 5.80. The van der Waals surface area contributed by atoms with Crippen LogP contribution in [0.3, 0.4) is 0 Å². The molecule has 0 radical (unpaired) electrons. The number of rotatable bonds is 6. The molecule has 1 aromatic heterocycles. The zero-order chi connectivity index (χ0) is 22.8.